The largest absolute Gasteiger partial charge is 0.494 e. The van der Waals surface area contributed by atoms with Crippen LogP contribution in [0, 0.1) is 12.7 Å². The lowest BCUT2D eigenvalue weighted by Crippen LogP contribution is -2.50. The number of nitrogens with one attached hydrogen (secondary N) is 1. The third-order valence-corrected chi connectivity index (χ3v) is 9.08. The van der Waals surface area contributed by atoms with Crippen LogP contribution in [-0.4, -0.2) is 113 Å². The third-order valence-electron chi connectivity index (χ3n) is 9.08. The quantitative estimate of drug-likeness (QED) is 0.196. The number of anilines is 2. The number of methoxy groups -OCH3 is 1. The molecule has 1 N–H and O–H groups in total. The minimum atomic E-state index is -0.565. The number of morpholine rings is 1. The molecule has 5 rings (SSSR count). The molecule has 12 nitrogen and oxygen atoms in total. The molecule has 0 spiro atoms. The second-order valence-electron chi connectivity index (χ2n) is 15.4. The lowest BCUT2D eigenvalue weighted by Gasteiger charge is -2.36. The van der Waals surface area contributed by atoms with Crippen LogP contribution in [0.1, 0.15) is 63.0 Å². The number of hydrogen-bond acceptors (Lipinski definition) is 9. The van der Waals surface area contributed by atoms with Crippen molar-refractivity contribution >= 4 is 29.2 Å². The van der Waals surface area contributed by atoms with Gasteiger partial charge >= 0.3 is 6.09 Å². The predicted molar refractivity (Wildman–Crippen MR) is 200 cm³/mol. The summed E-state index contributed by atoms with van der Waals surface area (Å²) in [7, 11) is 4.98. The standard InChI is InChI=1S/C39H52FN7O5/c1-25-28(36(48)44(8)17-18-46-19-20-51-27(24-46)23-45(9)37(49)52-39(5,6)7)12-13-30(33(25)38(2,3)4)43-34-35-42-22-31(47(35)16-15-41-34)26-11-14-32(50-10)29(40)21-26/h11-16,21-22,27H,17-20,23-24H2,1-10H3,(H,41,43). The number of fused-ring (bicyclic) bond motifs is 1. The minimum Gasteiger partial charge on any atom is -0.494 e. The lowest BCUT2D eigenvalue weighted by atomic mass is 9.81. The van der Waals surface area contributed by atoms with E-state index in [1.165, 1.54) is 13.2 Å². The van der Waals surface area contributed by atoms with Crippen molar-refractivity contribution in [2.24, 2.45) is 0 Å². The van der Waals surface area contributed by atoms with Crippen molar-refractivity contribution in [1.29, 1.82) is 0 Å². The molecule has 2 amide bonds. The van der Waals surface area contributed by atoms with Crippen LogP contribution in [-0.2, 0) is 14.9 Å². The number of likely N-dealkylation sites (N-methyl/N-ethyl adjacent to an activating group) is 2. The van der Waals surface area contributed by atoms with E-state index in [-0.39, 0.29) is 29.3 Å². The molecule has 2 aromatic heterocycles. The fourth-order valence-electron chi connectivity index (χ4n) is 6.60. The average molecular weight is 718 g/mol. The van der Waals surface area contributed by atoms with E-state index < -0.39 is 11.4 Å². The van der Waals surface area contributed by atoms with Gasteiger partial charge in [-0.25, -0.2) is 19.2 Å². The summed E-state index contributed by atoms with van der Waals surface area (Å²) < 4.78 is 32.9. The van der Waals surface area contributed by atoms with Crippen LogP contribution < -0.4 is 10.1 Å². The van der Waals surface area contributed by atoms with Crippen LogP contribution in [0.3, 0.4) is 0 Å². The number of halogens is 1. The van der Waals surface area contributed by atoms with Gasteiger partial charge in [0.05, 0.1) is 38.3 Å². The zero-order chi connectivity index (χ0) is 38.0. The molecule has 52 heavy (non-hydrogen) atoms. The number of aromatic nitrogens is 3. The number of ether oxygens (including phenoxy) is 3. The van der Waals surface area contributed by atoms with Gasteiger partial charge in [-0.05, 0) is 74.6 Å². The first-order valence-electron chi connectivity index (χ1n) is 17.6. The summed E-state index contributed by atoms with van der Waals surface area (Å²) in [6.45, 7) is 17.5. The fraction of sp³-hybridized carbons (Fsp3) is 0.487. The zero-order valence-electron chi connectivity index (χ0n) is 32.0. The molecule has 280 valence electrons. The molecule has 1 aliphatic heterocycles. The van der Waals surface area contributed by atoms with Gasteiger partial charge < -0.3 is 29.3 Å². The summed E-state index contributed by atoms with van der Waals surface area (Å²) >= 11 is 0. The van der Waals surface area contributed by atoms with E-state index in [1.807, 2.05) is 51.3 Å². The molecule has 0 saturated carbocycles. The Bertz CT molecular complexity index is 1920. The van der Waals surface area contributed by atoms with Crippen molar-refractivity contribution in [2.75, 3.05) is 65.9 Å². The number of rotatable bonds is 10. The Labute approximate surface area is 305 Å². The predicted octanol–water partition coefficient (Wildman–Crippen LogP) is 6.53. The van der Waals surface area contributed by atoms with Gasteiger partial charge in [0.2, 0.25) is 0 Å². The Morgan fingerprint density at radius 1 is 1.08 bits per heavy atom. The monoisotopic (exact) mass is 717 g/mol. The van der Waals surface area contributed by atoms with Crippen molar-refractivity contribution in [3.05, 3.63) is 71.4 Å². The molecule has 0 aliphatic carbocycles. The van der Waals surface area contributed by atoms with Crippen LogP contribution >= 0.6 is 0 Å². The highest BCUT2D eigenvalue weighted by atomic mass is 19.1. The van der Waals surface area contributed by atoms with Crippen LogP contribution in [0.25, 0.3) is 16.9 Å². The second kappa shape index (κ2) is 15.5. The first-order chi connectivity index (χ1) is 24.5. The smallest absolute Gasteiger partial charge is 0.410 e. The topological polar surface area (TPSA) is 114 Å². The summed E-state index contributed by atoms with van der Waals surface area (Å²) in [5.74, 6) is 0.189. The number of benzene rings is 2. The number of nitrogens with zero attached hydrogens (tertiary/aromatic N) is 6. The van der Waals surface area contributed by atoms with Gasteiger partial charge in [0.15, 0.2) is 23.0 Å². The van der Waals surface area contributed by atoms with E-state index >= 15 is 0 Å². The Balaban J connectivity index is 1.29. The van der Waals surface area contributed by atoms with E-state index in [4.69, 9.17) is 14.2 Å². The van der Waals surface area contributed by atoms with Gasteiger partial charge in [-0.15, -0.1) is 0 Å². The maximum absolute atomic E-state index is 14.6. The molecule has 1 fully saturated rings. The van der Waals surface area contributed by atoms with Crippen LogP contribution in [0.5, 0.6) is 5.75 Å². The van der Waals surface area contributed by atoms with Gasteiger partial charge in [-0.1, -0.05) is 20.8 Å². The molecular weight excluding hydrogens is 665 g/mol. The van der Waals surface area contributed by atoms with E-state index in [0.717, 1.165) is 23.4 Å². The molecule has 1 unspecified atom stereocenters. The van der Waals surface area contributed by atoms with Crippen molar-refractivity contribution < 1.29 is 28.2 Å². The Morgan fingerprint density at radius 3 is 2.50 bits per heavy atom. The van der Waals surface area contributed by atoms with Gasteiger partial charge in [0, 0.05) is 69.5 Å². The molecule has 0 bridgehead atoms. The molecule has 3 heterocycles. The minimum absolute atomic E-state index is 0.0612. The highest BCUT2D eigenvalue weighted by molar-refractivity contribution is 5.97. The fourth-order valence-corrected chi connectivity index (χ4v) is 6.60. The zero-order valence-corrected chi connectivity index (χ0v) is 32.0. The van der Waals surface area contributed by atoms with E-state index in [9.17, 15) is 14.0 Å². The van der Waals surface area contributed by atoms with Crippen molar-refractivity contribution in [1.82, 2.24) is 29.1 Å². The summed E-state index contributed by atoms with van der Waals surface area (Å²) in [5, 5.41) is 3.49. The summed E-state index contributed by atoms with van der Waals surface area (Å²) in [6.07, 6.45) is 4.63. The molecule has 1 aliphatic rings. The molecule has 1 atom stereocenters. The van der Waals surface area contributed by atoms with Gasteiger partial charge in [0.1, 0.15) is 5.60 Å². The Morgan fingerprint density at radius 2 is 1.83 bits per heavy atom. The number of amides is 2. The first-order valence-corrected chi connectivity index (χ1v) is 17.6. The Hall–Kier alpha value is -4.75. The van der Waals surface area contributed by atoms with Gasteiger partial charge in [-0.3, -0.25) is 14.1 Å². The van der Waals surface area contributed by atoms with Crippen LogP contribution in [0.4, 0.5) is 20.7 Å². The molecule has 0 radical (unpaired) electrons. The maximum Gasteiger partial charge on any atom is 0.410 e. The van der Waals surface area contributed by atoms with Gasteiger partial charge in [-0.2, -0.15) is 0 Å². The number of carbonyl (C=O) groups is 2. The van der Waals surface area contributed by atoms with Crippen molar-refractivity contribution in [3.8, 4) is 17.0 Å². The average Bonchev–Trinajstić information content (AvgIpc) is 3.51. The maximum atomic E-state index is 14.6. The van der Waals surface area contributed by atoms with Crippen molar-refractivity contribution in [3.63, 3.8) is 0 Å². The van der Waals surface area contributed by atoms with E-state index in [2.05, 4.69) is 41.0 Å². The van der Waals surface area contributed by atoms with Crippen LogP contribution in [0.2, 0.25) is 0 Å². The highest BCUT2D eigenvalue weighted by Gasteiger charge is 2.29. The summed E-state index contributed by atoms with van der Waals surface area (Å²) in [6, 6.07) is 8.60. The third kappa shape index (κ3) is 8.82. The SMILES string of the molecule is COc1ccc(-c2cnc3c(Nc4ccc(C(=O)N(C)CCN5CCOC(CN(C)C(=O)OC(C)(C)C)C5)c(C)c4C(C)(C)C)nccn23)cc1F. The normalized spacial score (nSPS) is 15.4. The summed E-state index contributed by atoms with van der Waals surface area (Å²) in [5.41, 5.74) is 4.38. The Kier molecular flexibility index (Phi) is 11.4. The molecule has 2 aromatic carbocycles. The van der Waals surface area contributed by atoms with E-state index in [1.54, 1.807) is 47.6 Å². The molecule has 13 heteroatoms. The second-order valence-corrected chi connectivity index (χ2v) is 15.4. The van der Waals surface area contributed by atoms with Crippen molar-refractivity contribution in [2.45, 2.75) is 65.6 Å². The highest BCUT2D eigenvalue weighted by Crippen LogP contribution is 2.37. The number of imidazole rings is 1. The number of hydrogen-bond donors (Lipinski definition) is 1. The first kappa shape index (κ1) is 38.5. The molecule has 4 aromatic rings. The molecular formula is C39H52FN7O5. The van der Waals surface area contributed by atoms with Crippen LogP contribution in [0.15, 0.2) is 48.9 Å². The number of carbonyl (C=O) groups excluding carboxylic acids is 2. The lowest BCUT2D eigenvalue weighted by molar-refractivity contribution is -0.0452. The van der Waals surface area contributed by atoms with Gasteiger partial charge in [0.25, 0.3) is 5.91 Å². The molecule has 1 saturated heterocycles. The summed E-state index contributed by atoms with van der Waals surface area (Å²) in [4.78, 5) is 41.2. The van der Waals surface area contributed by atoms with E-state index in [0.29, 0.717) is 61.1 Å².